The molecule has 0 saturated carbocycles. The second kappa shape index (κ2) is 6.49. The zero-order valence-corrected chi connectivity index (χ0v) is 13.2. The van der Waals surface area contributed by atoms with E-state index >= 15 is 0 Å². The van der Waals surface area contributed by atoms with Crippen molar-refractivity contribution in [3.05, 3.63) is 10.6 Å². The van der Waals surface area contributed by atoms with Crippen LogP contribution in [-0.2, 0) is 14.8 Å². The molecule has 0 aliphatic heterocycles. The molecule has 1 N–H and O–H groups in total. The number of sulfonamides is 1. The van der Waals surface area contributed by atoms with Gasteiger partial charge in [0.2, 0.25) is 10.0 Å². The molecule has 0 aromatic carbocycles. The Kier molecular flexibility index (Phi) is 5.50. The maximum atomic E-state index is 11.8. The molecule has 1 aromatic rings. The number of ketones is 1. The number of Topliss-reactive ketones (excluding diaryl/α,β-unsaturated/α-hetero) is 1. The van der Waals surface area contributed by atoms with Crippen LogP contribution < -0.4 is 4.72 Å². The number of hydrogen-bond donors (Lipinski definition) is 1. The van der Waals surface area contributed by atoms with Crippen molar-refractivity contribution in [1.29, 1.82) is 0 Å². The van der Waals surface area contributed by atoms with Crippen molar-refractivity contribution in [1.82, 2.24) is 4.98 Å². The molecular weight excluding hydrogens is 308 g/mol. The highest BCUT2D eigenvalue weighted by atomic mass is 32.2. The van der Waals surface area contributed by atoms with Gasteiger partial charge in [-0.1, -0.05) is 23.1 Å². The Bertz CT molecular complexity index is 592. The van der Waals surface area contributed by atoms with E-state index in [0.29, 0.717) is 10.6 Å². The van der Waals surface area contributed by atoms with Gasteiger partial charge in [0.05, 0.1) is 22.1 Å². The zero-order chi connectivity index (χ0) is 14.6. The van der Waals surface area contributed by atoms with Crippen LogP contribution in [-0.4, -0.2) is 35.8 Å². The average Bonchev–Trinajstić information content (AvgIpc) is 2.66. The van der Waals surface area contributed by atoms with Gasteiger partial charge in [-0.3, -0.25) is 14.3 Å². The number of hydrogen-bond acceptors (Lipinski definition) is 7. The Morgan fingerprint density at radius 2 is 2.05 bits per heavy atom. The lowest BCUT2D eigenvalue weighted by Crippen LogP contribution is -2.14. The Morgan fingerprint density at radius 3 is 2.58 bits per heavy atom. The third kappa shape index (κ3) is 4.92. The minimum atomic E-state index is -3.40. The fourth-order valence-electron chi connectivity index (χ4n) is 1.14. The number of thiazole rings is 1. The summed E-state index contributed by atoms with van der Waals surface area (Å²) in [7, 11) is -3.40. The van der Waals surface area contributed by atoms with Crippen LogP contribution in [0.4, 0.5) is 5.13 Å². The molecule has 1 rings (SSSR count). The lowest BCUT2D eigenvalue weighted by Gasteiger charge is -1.99. The predicted octanol–water partition coefficient (Wildman–Crippen LogP) is 1.68. The molecule has 1 heterocycles. The molecule has 0 fully saturated rings. The summed E-state index contributed by atoms with van der Waals surface area (Å²) in [4.78, 5) is 27.0. The number of rotatable bonds is 6. The van der Waals surface area contributed by atoms with Crippen LogP contribution in [0.15, 0.2) is 0 Å². The van der Waals surface area contributed by atoms with E-state index in [2.05, 4.69) is 9.71 Å². The molecule has 0 aliphatic rings. The summed E-state index contributed by atoms with van der Waals surface area (Å²) >= 11 is 1.91. The number of anilines is 1. The fourth-order valence-corrected chi connectivity index (χ4v) is 3.47. The molecule has 0 bridgehead atoms. The van der Waals surface area contributed by atoms with Gasteiger partial charge in [-0.25, -0.2) is 13.4 Å². The molecule has 9 heteroatoms. The number of nitrogens with zero attached hydrogens (tertiary/aromatic N) is 1. The lowest BCUT2D eigenvalue weighted by atomic mass is 10.3. The van der Waals surface area contributed by atoms with Crippen LogP contribution >= 0.6 is 23.1 Å². The summed E-state index contributed by atoms with van der Waals surface area (Å²) in [6, 6.07) is 0. The lowest BCUT2D eigenvalue weighted by molar-refractivity contribution is -0.109. The fraction of sp³-hybridized carbons (Fsp3) is 0.500. The van der Waals surface area contributed by atoms with Crippen molar-refractivity contribution < 1.29 is 18.0 Å². The number of aromatic nitrogens is 1. The summed E-state index contributed by atoms with van der Waals surface area (Å²) < 4.78 is 25.1. The van der Waals surface area contributed by atoms with E-state index in [1.807, 2.05) is 0 Å². The maximum Gasteiger partial charge on any atom is 0.234 e. The van der Waals surface area contributed by atoms with Crippen LogP contribution in [0.2, 0.25) is 0 Å². The van der Waals surface area contributed by atoms with Gasteiger partial charge in [0.25, 0.3) is 0 Å². The van der Waals surface area contributed by atoms with Crippen molar-refractivity contribution in [3.8, 4) is 0 Å². The van der Waals surface area contributed by atoms with Crippen molar-refractivity contribution in [2.75, 3.05) is 16.2 Å². The topological polar surface area (TPSA) is 93.2 Å². The van der Waals surface area contributed by atoms with E-state index in [4.69, 9.17) is 0 Å². The summed E-state index contributed by atoms with van der Waals surface area (Å²) in [5.74, 6) is -0.245. The molecule has 0 spiro atoms. The van der Waals surface area contributed by atoms with Crippen LogP contribution in [0.3, 0.4) is 0 Å². The molecule has 0 unspecified atom stereocenters. The van der Waals surface area contributed by atoms with Crippen LogP contribution in [0.1, 0.15) is 29.2 Å². The molecule has 0 aliphatic carbocycles. The molecule has 1 aromatic heterocycles. The number of nitrogens with one attached hydrogen (secondary N) is 1. The first-order chi connectivity index (χ1) is 8.75. The highest BCUT2D eigenvalue weighted by Crippen LogP contribution is 2.25. The molecule has 106 valence electrons. The van der Waals surface area contributed by atoms with Crippen molar-refractivity contribution >= 4 is 49.2 Å². The number of thioether (sulfide) groups is 1. The van der Waals surface area contributed by atoms with Crippen molar-refractivity contribution in [3.63, 3.8) is 0 Å². The predicted molar refractivity (Wildman–Crippen MR) is 77.4 cm³/mol. The normalized spacial score (nSPS) is 11.3. The van der Waals surface area contributed by atoms with Gasteiger partial charge < -0.3 is 0 Å². The molecule has 19 heavy (non-hydrogen) atoms. The summed E-state index contributed by atoms with van der Waals surface area (Å²) in [5.41, 5.74) is 0.466. The van der Waals surface area contributed by atoms with E-state index in [-0.39, 0.29) is 27.5 Å². The molecular formula is C10H14N2O4S3. The SMILES string of the molecule is CCS(=O)(=O)Nc1nc(C)c(C(=O)CSC(C)=O)s1. The second-order valence-electron chi connectivity index (χ2n) is 3.64. The van der Waals surface area contributed by atoms with Crippen LogP contribution in [0.25, 0.3) is 0 Å². The molecule has 0 amide bonds. The maximum absolute atomic E-state index is 11.8. The molecule has 0 radical (unpaired) electrons. The Labute approximate surface area is 120 Å². The van der Waals surface area contributed by atoms with Crippen LogP contribution in [0.5, 0.6) is 0 Å². The van der Waals surface area contributed by atoms with Gasteiger partial charge in [0, 0.05) is 6.92 Å². The van der Waals surface area contributed by atoms with Gasteiger partial charge >= 0.3 is 0 Å². The van der Waals surface area contributed by atoms with Crippen LogP contribution in [0, 0.1) is 6.92 Å². The zero-order valence-electron chi connectivity index (χ0n) is 10.7. The van der Waals surface area contributed by atoms with E-state index in [9.17, 15) is 18.0 Å². The van der Waals surface area contributed by atoms with Gasteiger partial charge in [-0.15, -0.1) is 0 Å². The highest BCUT2D eigenvalue weighted by Gasteiger charge is 2.18. The smallest absolute Gasteiger partial charge is 0.234 e. The third-order valence-electron chi connectivity index (χ3n) is 2.08. The minimum Gasteiger partial charge on any atom is -0.292 e. The number of aryl methyl sites for hydroxylation is 1. The molecule has 0 atom stereocenters. The van der Waals surface area contributed by atoms with E-state index in [1.54, 1.807) is 6.92 Å². The Hall–Kier alpha value is -0.930. The Morgan fingerprint density at radius 1 is 1.42 bits per heavy atom. The first-order valence-corrected chi connectivity index (χ1v) is 8.85. The highest BCUT2D eigenvalue weighted by molar-refractivity contribution is 8.14. The third-order valence-corrected chi connectivity index (χ3v) is 5.40. The van der Waals surface area contributed by atoms with E-state index in [1.165, 1.54) is 13.8 Å². The Balaban J connectivity index is 2.85. The van der Waals surface area contributed by atoms with Crippen molar-refractivity contribution in [2.45, 2.75) is 20.8 Å². The first kappa shape index (κ1) is 16.1. The number of carbonyl (C=O) groups excluding carboxylic acids is 2. The number of carbonyl (C=O) groups is 2. The van der Waals surface area contributed by atoms with Gasteiger partial charge in [0.1, 0.15) is 0 Å². The van der Waals surface area contributed by atoms with E-state index < -0.39 is 10.0 Å². The minimum absolute atomic E-state index is 0.0400. The summed E-state index contributed by atoms with van der Waals surface area (Å²) in [6.45, 7) is 4.53. The summed E-state index contributed by atoms with van der Waals surface area (Å²) in [5, 5.41) is 0.0398. The van der Waals surface area contributed by atoms with E-state index in [0.717, 1.165) is 23.1 Å². The molecule has 6 nitrogen and oxygen atoms in total. The standard InChI is InChI=1S/C10H14N2O4S3/c1-4-19(15,16)12-10-11-6(2)9(18-10)8(14)5-17-7(3)13/h4-5H2,1-3H3,(H,11,12). The largest absolute Gasteiger partial charge is 0.292 e. The monoisotopic (exact) mass is 322 g/mol. The molecule has 0 saturated heterocycles. The summed E-state index contributed by atoms with van der Waals surface area (Å²) in [6.07, 6.45) is 0. The second-order valence-corrected chi connectivity index (χ2v) is 7.80. The van der Waals surface area contributed by atoms with Gasteiger partial charge in [-0.05, 0) is 13.8 Å². The average molecular weight is 322 g/mol. The van der Waals surface area contributed by atoms with Gasteiger partial charge in [-0.2, -0.15) is 0 Å². The quantitative estimate of drug-likeness (QED) is 0.801. The van der Waals surface area contributed by atoms with Crippen molar-refractivity contribution in [2.24, 2.45) is 0 Å². The van der Waals surface area contributed by atoms with Gasteiger partial charge in [0.15, 0.2) is 16.0 Å². The first-order valence-electron chi connectivity index (χ1n) is 5.39.